The molecule has 9 heavy (non-hydrogen) atoms. The van der Waals surface area contributed by atoms with Gasteiger partial charge in [0.05, 0.1) is 5.75 Å². The van der Waals surface area contributed by atoms with Crippen LogP contribution in [0.25, 0.3) is 0 Å². The molecule has 0 aromatic heterocycles. The molecule has 0 aromatic rings. The van der Waals surface area contributed by atoms with Gasteiger partial charge in [-0.1, -0.05) is 13.8 Å². The number of nitrogens with one attached hydrogen (secondary N) is 1. The summed E-state index contributed by atoms with van der Waals surface area (Å²) < 4.78 is 23.6. The summed E-state index contributed by atoms with van der Waals surface area (Å²) in [5, 5.41) is 0. The highest BCUT2D eigenvalue weighted by Gasteiger charge is 2.08. The molecule has 0 heterocycles. The van der Waals surface area contributed by atoms with Gasteiger partial charge in [0, 0.05) is 0 Å². The minimum absolute atomic E-state index is 0.197. The SMILES string of the molecule is CNS(=O)(=O)CC(C)C. The van der Waals surface area contributed by atoms with Gasteiger partial charge >= 0.3 is 0 Å². The number of sulfonamides is 1. The first-order chi connectivity index (χ1) is 3.98. The molecule has 0 rings (SSSR count). The van der Waals surface area contributed by atoms with E-state index in [1.54, 1.807) is 0 Å². The van der Waals surface area contributed by atoms with E-state index in [0.717, 1.165) is 0 Å². The van der Waals surface area contributed by atoms with E-state index in [1.807, 2.05) is 13.8 Å². The third-order valence-electron chi connectivity index (χ3n) is 0.864. The molecule has 56 valence electrons. The molecule has 0 amide bonds. The van der Waals surface area contributed by atoms with Crippen LogP contribution in [0.15, 0.2) is 0 Å². The molecule has 1 N–H and O–H groups in total. The van der Waals surface area contributed by atoms with Crippen LogP contribution in [-0.4, -0.2) is 21.2 Å². The van der Waals surface area contributed by atoms with Crippen molar-refractivity contribution in [3.8, 4) is 0 Å². The fourth-order valence-corrected chi connectivity index (χ4v) is 1.57. The summed E-state index contributed by atoms with van der Waals surface area (Å²) in [4.78, 5) is 0. The molecule has 0 atom stereocenters. The summed E-state index contributed by atoms with van der Waals surface area (Å²) in [5.41, 5.74) is 0. The highest BCUT2D eigenvalue weighted by atomic mass is 32.2. The third-order valence-corrected chi connectivity index (χ3v) is 2.59. The fraction of sp³-hybridized carbons (Fsp3) is 1.00. The molecule has 0 saturated carbocycles. The van der Waals surface area contributed by atoms with E-state index in [0.29, 0.717) is 0 Å². The number of hydrogen-bond donors (Lipinski definition) is 1. The Morgan fingerprint density at radius 1 is 1.44 bits per heavy atom. The van der Waals surface area contributed by atoms with Crippen LogP contribution < -0.4 is 4.72 Å². The van der Waals surface area contributed by atoms with Crippen molar-refractivity contribution in [3.05, 3.63) is 0 Å². The fourth-order valence-electron chi connectivity index (χ4n) is 0.522. The predicted octanol–water partition coefficient (Wildman–Crippen LogP) is 0.192. The highest BCUT2D eigenvalue weighted by molar-refractivity contribution is 7.89. The van der Waals surface area contributed by atoms with Crippen LogP contribution in [0.2, 0.25) is 0 Å². The molecular weight excluding hydrogens is 138 g/mol. The van der Waals surface area contributed by atoms with E-state index in [2.05, 4.69) is 4.72 Å². The van der Waals surface area contributed by atoms with E-state index >= 15 is 0 Å². The molecule has 4 heteroatoms. The van der Waals surface area contributed by atoms with Gasteiger partial charge in [-0.25, -0.2) is 13.1 Å². The normalized spacial score (nSPS) is 12.4. The lowest BCUT2D eigenvalue weighted by Gasteiger charge is -2.03. The maximum atomic E-state index is 10.7. The van der Waals surface area contributed by atoms with Crippen LogP contribution >= 0.6 is 0 Å². The second-order valence-electron chi connectivity index (χ2n) is 2.38. The summed E-state index contributed by atoms with van der Waals surface area (Å²) >= 11 is 0. The smallest absolute Gasteiger partial charge is 0.211 e. The molecule has 0 unspecified atom stereocenters. The molecule has 0 fully saturated rings. The first-order valence-electron chi connectivity index (χ1n) is 2.89. The molecule has 0 aromatic carbocycles. The zero-order valence-corrected chi connectivity index (χ0v) is 6.83. The number of rotatable bonds is 3. The minimum atomic E-state index is -2.97. The first kappa shape index (κ1) is 8.91. The van der Waals surface area contributed by atoms with Crippen molar-refractivity contribution in [3.63, 3.8) is 0 Å². The van der Waals surface area contributed by atoms with Gasteiger partial charge < -0.3 is 0 Å². The lowest BCUT2D eigenvalue weighted by Crippen LogP contribution is -2.24. The standard InChI is InChI=1S/C5H13NO2S/c1-5(2)4-9(7,8)6-3/h5-6H,4H2,1-3H3. The van der Waals surface area contributed by atoms with E-state index in [-0.39, 0.29) is 11.7 Å². The topological polar surface area (TPSA) is 46.2 Å². The van der Waals surface area contributed by atoms with E-state index in [1.165, 1.54) is 7.05 Å². The van der Waals surface area contributed by atoms with Crippen molar-refractivity contribution < 1.29 is 8.42 Å². The van der Waals surface area contributed by atoms with Gasteiger partial charge in [-0.3, -0.25) is 0 Å². The molecule has 0 saturated heterocycles. The van der Waals surface area contributed by atoms with Crippen molar-refractivity contribution in [2.24, 2.45) is 5.92 Å². The molecule has 0 bridgehead atoms. The van der Waals surface area contributed by atoms with Crippen molar-refractivity contribution in [1.82, 2.24) is 4.72 Å². The zero-order chi connectivity index (χ0) is 7.49. The Kier molecular flexibility index (Phi) is 3.14. The van der Waals surface area contributed by atoms with Gasteiger partial charge in [0.1, 0.15) is 0 Å². The minimum Gasteiger partial charge on any atom is -0.218 e. The van der Waals surface area contributed by atoms with Gasteiger partial charge in [0.25, 0.3) is 0 Å². The largest absolute Gasteiger partial charge is 0.218 e. The van der Waals surface area contributed by atoms with Crippen molar-refractivity contribution in [1.29, 1.82) is 0 Å². The van der Waals surface area contributed by atoms with Crippen molar-refractivity contribution >= 4 is 10.0 Å². The van der Waals surface area contributed by atoms with Gasteiger partial charge in [-0.15, -0.1) is 0 Å². The lowest BCUT2D eigenvalue weighted by molar-refractivity contribution is 0.574. The summed E-state index contributed by atoms with van der Waals surface area (Å²) in [6.07, 6.45) is 0. The zero-order valence-electron chi connectivity index (χ0n) is 6.01. The summed E-state index contributed by atoms with van der Waals surface area (Å²) in [6.45, 7) is 3.74. The quantitative estimate of drug-likeness (QED) is 0.626. The van der Waals surface area contributed by atoms with Crippen LogP contribution in [0.5, 0.6) is 0 Å². The molecule has 0 radical (unpaired) electrons. The maximum absolute atomic E-state index is 10.7. The average molecular weight is 151 g/mol. The van der Waals surface area contributed by atoms with Crippen LogP contribution in [0.3, 0.4) is 0 Å². The Balaban J connectivity index is 3.90. The Labute approximate surface area is 56.5 Å². The second-order valence-corrected chi connectivity index (χ2v) is 4.35. The second kappa shape index (κ2) is 3.17. The Morgan fingerprint density at radius 2 is 1.89 bits per heavy atom. The van der Waals surface area contributed by atoms with Crippen molar-refractivity contribution in [2.75, 3.05) is 12.8 Å². The molecule has 0 spiro atoms. The van der Waals surface area contributed by atoms with Crippen LogP contribution in [0, 0.1) is 5.92 Å². The van der Waals surface area contributed by atoms with Gasteiger partial charge in [-0.05, 0) is 13.0 Å². The Morgan fingerprint density at radius 3 is 2.00 bits per heavy atom. The predicted molar refractivity (Wildman–Crippen MR) is 37.7 cm³/mol. The van der Waals surface area contributed by atoms with E-state index in [9.17, 15) is 8.42 Å². The van der Waals surface area contributed by atoms with Gasteiger partial charge in [-0.2, -0.15) is 0 Å². The molecular formula is C5H13NO2S. The van der Waals surface area contributed by atoms with E-state index in [4.69, 9.17) is 0 Å². The lowest BCUT2D eigenvalue weighted by atomic mass is 10.3. The monoisotopic (exact) mass is 151 g/mol. The van der Waals surface area contributed by atoms with E-state index < -0.39 is 10.0 Å². The molecule has 0 aliphatic carbocycles. The third kappa shape index (κ3) is 4.42. The average Bonchev–Trinajstić information content (AvgIpc) is 1.63. The molecule has 0 aliphatic heterocycles. The first-order valence-corrected chi connectivity index (χ1v) is 4.54. The Bertz CT molecular complexity index is 160. The summed E-state index contributed by atoms with van der Waals surface area (Å²) in [6, 6.07) is 0. The molecule has 3 nitrogen and oxygen atoms in total. The Hall–Kier alpha value is -0.0900. The van der Waals surface area contributed by atoms with Gasteiger partial charge in [0.2, 0.25) is 10.0 Å². The molecule has 0 aliphatic rings. The van der Waals surface area contributed by atoms with Crippen LogP contribution in [0.4, 0.5) is 0 Å². The van der Waals surface area contributed by atoms with Crippen molar-refractivity contribution in [2.45, 2.75) is 13.8 Å². The highest BCUT2D eigenvalue weighted by Crippen LogP contribution is 1.95. The van der Waals surface area contributed by atoms with Gasteiger partial charge in [0.15, 0.2) is 0 Å². The summed E-state index contributed by atoms with van der Waals surface area (Å²) in [5.74, 6) is 0.409. The number of hydrogen-bond acceptors (Lipinski definition) is 2. The maximum Gasteiger partial charge on any atom is 0.211 e. The van der Waals surface area contributed by atoms with Crippen LogP contribution in [-0.2, 0) is 10.0 Å². The summed E-state index contributed by atoms with van der Waals surface area (Å²) in [7, 11) is -1.54. The van der Waals surface area contributed by atoms with Crippen LogP contribution in [0.1, 0.15) is 13.8 Å².